The molecule has 0 aliphatic heterocycles. The van der Waals surface area contributed by atoms with Crippen molar-refractivity contribution in [1.82, 2.24) is 24.8 Å². The van der Waals surface area contributed by atoms with Crippen molar-refractivity contribution < 1.29 is 37.8 Å². The van der Waals surface area contributed by atoms with Gasteiger partial charge in [0.1, 0.15) is 16.7 Å². The Bertz CT molecular complexity index is 2090. The quantitative estimate of drug-likeness (QED) is 0.174. The Morgan fingerprint density at radius 3 is 2.36 bits per heavy atom. The van der Waals surface area contributed by atoms with Gasteiger partial charge in [0.15, 0.2) is 15.5 Å². The Kier molecular flexibility index (Phi) is 7.99. The van der Waals surface area contributed by atoms with Gasteiger partial charge in [-0.05, 0) is 56.3 Å². The second-order valence-electron chi connectivity index (χ2n) is 9.97. The smallest absolute Gasteiger partial charge is 0.358 e. The molecule has 5 aromatic rings. The molecular weight excluding hydrogens is 606 g/mol. The average Bonchev–Trinajstić information content (AvgIpc) is 3.59. The molecule has 3 aromatic carbocycles. The molecule has 45 heavy (non-hydrogen) atoms. The molecule has 0 bridgehead atoms. The third-order valence-corrected chi connectivity index (χ3v) is 9.25. The van der Waals surface area contributed by atoms with Crippen molar-refractivity contribution in [3.05, 3.63) is 77.7 Å². The van der Waals surface area contributed by atoms with Crippen LogP contribution < -0.4 is 15.4 Å². The van der Waals surface area contributed by atoms with Gasteiger partial charge >= 0.3 is 5.97 Å². The number of carboxylic acid groups (broad SMARTS) is 1. The number of phenols is 1. The zero-order chi connectivity index (χ0) is 32.6. The first kappa shape index (κ1) is 30.7. The van der Waals surface area contributed by atoms with Crippen LogP contribution in [0.5, 0.6) is 11.5 Å². The first-order chi connectivity index (χ1) is 21.3. The van der Waals surface area contributed by atoms with Gasteiger partial charge in [0.25, 0.3) is 5.91 Å². The number of nitrogens with zero attached hydrogens (tertiary/aromatic N) is 5. The third kappa shape index (κ3) is 5.77. The Hall–Kier alpha value is -5.77. The van der Waals surface area contributed by atoms with Gasteiger partial charge in [-0.2, -0.15) is 5.10 Å². The van der Waals surface area contributed by atoms with Gasteiger partial charge < -0.3 is 25.6 Å². The number of ether oxygens (including phenoxy) is 1. The summed E-state index contributed by atoms with van der Waals surface area (Å²) in [4.78, 5) is 38.0. The van der Waals surface area contributed by atoms with E-state index in [1.54, 1.807) is 36.1 Å². The number of carbonyl (C=O) groups excluding carboxylic acids is 2. The molecule has 0 spiro atoms. The molecule has 0 fully saturated rings. The Balaban J connectivity index is 1.51. The van der Waals surface area contributed by atoms with E-state index in [-0.39, 0.29) is 38.9 Å². The summed E-state index contributed by atoms with van der Waals surface area (Å²) >= 11 is 0. The number of sulfone groups is 1. The molecule has 0 aliphatic carbocycles. The number of aromatic carboxylic acids is 1. The Morgan fingerprint density at radius 2 is 1.71 bits per heavy atom. The Morgan fingerprint density at radius 1 is 1.00 bits per heavy atom. The predicted octanol–water partition coefficient (Wildman–Crippen LogP) is 2.93. The molecule has 0 saturated heterocycles. The topological polar surface area (TPSA) is 208 Å². The van der Waals surface area contributed by atoms with Gasteiger partial charge in [0.2, 0.25) is 5.91 Å². The summed E-state index contributed by atoms with van der Waals surface area (Å²) in [7, 11) is -1.00. The fraction of sp³-hybridized carbons (Fsp3) is 0.172. The number of rotatable bonds is 9. The van der Waals surface area contributed by atoms with Gasteiger partial charge in [-0.1, -0.05) is 11.3 Å². The first-order valence-electron chi connectivity index (χ1n) is 13.3. The van der Waals surface area contributed by atoms with Gasteiger partial charge in [0.05, 0.1) is 46.5 Å². The van der Waals surface area contributed by atoms with E-state index in [0.717, 1.165) is 16.1 Å². The van der Waals surface area contributed by atoms with E-state index in [2.05, 4.69) is 26.0 Å². The molecule has 0 radical (unpaired) electrons. The molecule has 0 aliphatic rings. The number of carbonyl (C=O) groups is 3. The SMILES string of the molecule is COc1ccc(S(=O)(=O)C(C)C(=O)Nc2cc(O)c(NC(=O)c3ccc4cnn(C)c4c3)cc2-n2nnc(C(=O)O)c2C)cc1. The summed E-state index contributed by atoms with van der Waals surface area (Å²) in [6.07, 6.45) is 1.65. The molecule has 2 amide bonds. The van der Waals surface area contributed by atoms with Crippen LogP contribution in [-0.4, -0.2) is 73.5 Å². The fourth-order valence-corrected chi connectivity index (χ4v) is 5.80. The lowest BCUT2D eigenvalue weighted by molar-refractivity contribution is -0.115. The second kappa shape index (κ2) is 11.7. The molecule has 1 unspecified atom stereocenters. The molecule has 16 heteroatoms. The summed E-state index contributed by atoms with van der Waals surface area (Å²) in [6, 6.07) is 12.8. The van der Waals surface area contributed by atoms with Crippen molar-refractivity contribution in [1.29, 1.82) is 0 Å². The monoisotopic (exact) mass is 633 g/mol. The van der Waals surface area contributed by atoms with Crippen LogP contribution in [0.1, 0.15) is 33.5 Å². The highest BCUT2D eigenvalue weighted by Crippen LogP contribution is 2.35. The molecule has 1 atom stereocenters. The zero-order valence-corrected chi connectivity index (χ0v) is 25.2. The van der Waals surface area contributed by atoms with E-state index >= 15 is 0 Å². The van der Waals surface area contributed by atoms with Gasteiger partial charge in [-0.25, -0.2) is 17.9 Å². The van der Waals surface area contributed by atoms with E-state index in [9.17, 15) is 33.0 Å². The number of aromatic nitrogens is 5. The van der Waals surface area contributed by atoms with Crippen LogP contribution in [-0.2, 0) is 21.7 Å². The number of aryl methyl sites for hydroxylation is 1. The van der Waals surface area contributed by atoms with Crippen LogP contribution in [0, 0.1) is 6.92 Å². The van der Waals surface area contributed by atoms with Crippen molar-refractivity contribution in [3.8, 4) is 17.2 Å². The number of hydrogen-bond donors (Lipinski definition) is 4. The second-order valence-corrected chi connectivity index (χ2v) is 12.2. The summed E-state index contributed by atoms with van der Waals surface area (Å²) in [5.74, 6) is -2.95. The number of amides is 2. The third-order valence-electron chi connectivity index (χ3n) is 7.18. The minimum Gasteiger partial charge on any atom is -0.506 e. The molecule has 5 rings (SSSR count). The van der Waals surface area contributed by atoms with E-state index in [1.165, 1.54) is 51.3 Å². The summed E-state index contributed by atoms with van der Waals surface area (Å²) in [6.45, 7) is 2.62. The number of phenolic OH excluding ortho intramolecular Hbond substituents is 1. The zero-order valence-electron chi connectivity index (χ0n) is 24.3. The van der Waals surface area contributed by atoms with E-state index in [1.807, 2.05) is 0 Å². The van der Waals surface area contributed by atoms with Crippen LogP contribution in [0.25, 0.3) is 16.6 Å². The van der Waals surface area contributed by atoms with Crippen molar-refractivity contribution in [2.75, 3.05) is 17.7 Å². The van der Waals surface area contributed by atoms with E-state index in [0.29, 0.717) is 11.3 Å². The molecule has 2 aromatic heterocycles. The highest BCUT2D eigenvalue weighted by molar-refractivity contribution is 7.92. The van der Waals surface area contributed by atoms with Gasteiger partial charge in [0, 0.05) is 24.1 Å². The van der Waals surface area contributed by atoms with Crippen molar-refractivity contribution in [2.45, 2.75) is 24.0 Å². The number of nitrogens with one attached hydrogen (secondary N) is 2. The highest BCUT2D eigenvalue weighted by atomic mass is 32.2. The fourth-order valence-electron chi connectivity index (χ4n) is 4.53. The lowest BCUT2D eigenvalue weighted by Crippen LogP contribution is -2.33. The minimum atomic E-state index is -4.16. The summed E-state index contributed by atoms with van der Waals surface area (Å²) in [5.41, 5.74) is 0.380. The van der Waals surface area contributed by atoms with E-state index < -0.39 is 38.6 Å². The maximum absolute atomic E-state index is 13.3. The van der Waals surface area contributed by atoms with Crippen LogP contribution in [0.4, 0.5) is 11.4 Å². The number of aromatic hydroxyl groups is 1. The van der Waals surface area contributed by atoms with Crippen molar-refractivity contribution in [3.63, 3.8) is 0 Å². The molecule has 2 heterocycles. The van der Waals surface area contributed by atoms with Gasteiger partial charge in [-0.15, -0.1) is 5.10 Å². The van der Waals surface area contributed by atoms with Crippen molar-refractivity contribution >= 4 is 49.9 Å². The molecule has 4 N–H and O–H groups in total. The normalized spacial score (nSPS) is 12.1. The van der Waals surface area contributed by atoms with Crippen LogP contribution >= 0.6 is 0 Å². The number of anilines is 2. The Labute approximate surface area is 256 Å². The number of methoxy groups -OCH3 is 1. The largest absolute Gasteiger partial charge is 0.506 e. The van der Waals surface area contributed by atoms with Crippen LogP contribution in [0.2, 0.25) is 0 Å². The molecule has 15 nitrogen and oxygen atoms in total. The average molecular weight is 634 g/mol. The highest BCUT2D eigenvalue weighted by Gasteiger charge is 2.31. The first-order valence-corrected chi connectivity index (χ1v) is 14.8. The number of fused-ring (bicyclic) bond motifs is 1. The number of carboxylic acids is 1. The lowest BCUT2D eigenvalue weighted by Gasteiger charge is -2.18. The molecular formula is C29H27N7O8S. The predicted molar refractivity (Wildman–Crippen MR) is 162 cm³/mol. The van der Waals surface area contributed by atoms with Crippen LogP contribution in [0.3, 0.4) is 0 Å². The molecule has 232 valence electrons. The van der Waals surface area contributed by atoms with Crippen LogP contribution in [0.15, 0.2) is 65.7 Å². The maximum Gasteiger partial charge on any atom is 0.358 e. The summed E-state index contributed by atoms with van der Waals surface area (Å²) in [5, 5.41) is 36.4. The lowest BCUT2D eigenvalue weighted by atomic mass is 10.1. The minimum absolute atomic E-state index is 0.00918. The number of hydrogen-bond acceptors (Lipinski definition) is 10. The van der Waals surface area contributed by atoms with Crippen molar-refractivity contribution in [2.24, 2.45) is 7.05 Å². The summed E-state index contributed by atoms with van der Waals surface area (Å²) < 4.78 is 34.2. The molecule has 0 saturated carbocycles. The maximum atomic E-state index is 13.3. The van der Waals surface area contributed by atoms with Gasteiger partial charge in [-0.3, -0.25) is 14.3 Å². The standard InChI is InChI=1S/C29H27N7O8S/c1-15-26(29(40)41)33-34-36(15)24-12-22(32-28(39)17-5-6-18-14-30-35(3)23(18)11-17)25(37)13-21(24)31-27(38)16(2)45(42,43)20-9-7-19(44-4)8-10-20/h5-14,16,37H,1-4H3,(H,31,38)(H,32,39)(H,40,41). The van der Waals surface area contributed by atoms with E-state index in [4.69, 9.17) is 4.74 Å². The number of benzene rings is 3.